The van der Waals surface area contributed by atoms with Gasteiger partial charge in [-0.3, -0.25) is 0 Å². The average molecular weight is 821 g/mol. The second kappa shape index (κ2) is 15.5. The lowest BCUT2D eigenvalue weighted by Crippen LogP contribution is -2.12. The Bertz CT molecular complexity index is 3600. The SMILES string of the molecule is c1ccc(-c2ccccc2-c2c(-c3ccccc3)cccc2N(c2ccc(-c3ccc4c(c3)c3ccccc3n4-c3ccccc3)cc2)c2cccc3sc4ccccc4c23)cc1. The Morgan fingerprint density at radius 1 is 0.333 bits per heavy atom. The van der Waals surface area contributed by atoms with Gasteiger partial charge in [0.15, 0.2) is 0 Å². The fourth-order valence-electron chi connectivity index (χ4n) is 9.60. The van der Waals surface area contributed by atoms with E-state index < -0.39 is 0 Å². The molecule has 0 radical (unpaired) electrons. The van der Waals surface area contributed by atoms with Gasteiger partial charge in [-0.1, -0.05) is 176 Å². The molecule has 0 saturated heterocycles. The number of rotatable bonds is 8. The molecule has 0 N–H and O–H groups in total. The van der Waals surface area contributed by atoms with Crippen molar-refractivity contribution < 1.29 is 0 Å². The number of anilines is 3. The van der Waals surface area contributed by atoms with Crippen molar-refractivity contribution in [2.24, 2.45) is 0 Å². The first-order chi connectivity index (χ1) is 31.3. The van der Waals surface area contributed by atoms with Crippen LogP contribution in [0.3, 0.4) is 0 Å². The molecule has 12 aromatic rings. The second-order valence-electron chi connectivity index (χ2n) is 16.0. The minimum Gasteiger partial charge on any atom is -0.309 e. The molecule has 63 heavy (non-hydrogen) atoms. The van der Waals surface area contributed by atoms with Crippen LogP contribution in [0.4, 0.5) is 17.1 Å². The van der Waals surface area contributed by atoms with Crippen LogP contribution in [0.2, 0.25) is 0 Å². The molecule has 0 unspecified atom stereocenters. The number of benzene rings is 10. The molecule has 0 amide bonds. The molecule has 2 nitrogen and oxygen atoms in total. The maximum Gasteiger partial charge on any atom is 0.0555 e. The lowest BCUT2D eigenvalue weighted by molar-refractivity contribution is 1.18. The Balaban J connectivity index is 1.09. The first-order valence-corrected chi connectivity index (χ1v) is 22.3. The summed E-state index contributed by atoms with van der Waals surface area (Å²) in [7, 11) is 0. The van der Waals surface area contributed by atoms with Crippen LogP contribution in [0.1, 0.15) is 0 Å². The molecule has 0 fully saturated rings. The molecule has 2 aromatic heterocycles. The van der Waals surface area contributed by atoms with Gasteiger partial charge in [0.25, 0.3) is 0 Å². The number of fused-ring (bicyclic) bond motifs is 6. The number of thiophene rings is 1. The van der Waals surface area contributed by atoms with Gasteiger partial charge in [-0.15, -0.1) is 11.3 Å². The van der Waals surface area contributed by atoms with E-state index in [0.717, 1.165) is 22.7 Å². The zero-order valence-corrected chi connectivity index (χ0v) is 35.2. The Morgan fingerprint density at radius 3 is 1.67 bits per heavy atom. The summed E-state index contributed by atoms with van der Waals surface area (Å²) in [4.78, 5) is 2.51. The van der Waals surface area contributed by atoms with E-state index in [4.69, 9.17) is 0 Å². The molecule has 3 heteroatoms. The number of nitrogens with zero attached hydrogens (tertiary/aromatic N) is 2. The predicted molar refractivity (Wildman–Crippen MR) is 270 cm³/mol. The van der Waals surface area contributed by atoms with Crippen LogP contribution in [-0.2, 0) is 0 Å². The molecule has 0 aliphatic heterocycles. The topological polar surface area (TPSA) is 8.17 Å². The van der Waals surface area contributed by atoms with E-state index in [1.54, 1.807) is 0 Å². The minimum absolute atomic E-state index is 1.09. The van der Waals surface area contributed by atoms with E-state index in [9.17, 15) is 0 Å². The van der Waals surface area contributed by atoms with E-state index in [1.807, 2.05) is 11.3 Å². The van der Waals surface area contributed by atoms with Crippen molar-refractivity contribution in [3.8, 4) is 50.2 Å². The van der Waals surface area contributed by atoms with E-state index >= 15 is 0 Å². The van der Waals surface area contributed by atoms with E-state index in [-0.39, 0.29) is 0 Å². The van der Waals surface area contributed by atoms with Crippen molar-refractivity contribution in [2.45, 2.75) is 0 Å². The minimum atomic E-state index is 1.09. The Hall–Kier alpha value is -7.98. The van der Waals surface area contributed by atoms with Crippen molar-refractivity contribution in [3.63, 3.8) is 0 Å². The van der Waals surface area contributed by atoms with Crippen LogP contribution < -0.4 is 4.90 Å². The molecule has 2 heterocycles. The maximum atomic E-state index is 2.51. The number of hydrogen-bond acceptors (Lipinski definition) is 2. The van der Waals surface area contributed by atoms with Gasteiger partial charge in [0.05, 0.1) is 22.4 Å². The van der Waals surface area contributed by atoms with Crippen molar-refractivity contribution in [1.29, 1.82) is 0 Å². The molecule has 0 saturated carbocycles. The van der Waals surface area contributed by atoms with Crippen LogP contribution in [0.25, 0.3) is 92.2 Å². The normalized spacial score (nSPS) is 11.5. The fourth-order valence-corrected chi connectivity index (χ4v) is 10.7. The van der Waals surface area contributed by atoms with Crippen LogP contribution in [0.5, 0.6) is 0 Å². The van der Waals surface area contributed by atoms with Crippen LogP contribution >= 0.6 is 11.3 Å². The fraction of sp³-hybridized carbons (Fsp3) is 0. The summed E-state index contributed by atoms with van der Waals surface area (Å²) < 4.78 is 4.93. The van der Waals surface area contributed by atoms with Gasteiger partial charge >= 0.3 is 0 Å². The van der Waals surface area contributed by atoms with E-state index in [2.05, 4.69) is 252 Å². The second-order valence-corrected chi connectivity index (χ2v) is 17.1. The molecule has 0 spiro atoms. The van der Waals surface area contributed by atoms with Crippen molar-refractivity contribution in [2.75, 3.05) is 4.90 Å². The first kappa shape index (κ1) is 36.8. The first-order valence-electron chi connectivity index (χ1n) is 21.5. The molecule has 0 aliphatic rings. The number of aromatic nitrogens is 1. The molecular formula is C60H40N2S. The van der Waals surface area contributed by atoms with Gasteiger partial charge in [-0.25, -0.2) is 0 Å². The molecule has 0 bridgehead atoms. The highest BCUT2D eigenvalue weighted by molar-refractivity contribution is 7.26. The third-order valence-corrected chi connectivity index (χ3v) is 13.6. The van der Waals surface area contributed by atoms with Gasteiger partial charge in [-0.05, 0) is 106 Å². The summed E-state index contributed by atoms with van der Waals surface area (Å²) in [6.07, 6.45) is 0. The smallest absolute Gasteiger partial charge is 0.0555 e. The Labute approximate surface area is 370 Å². The average Bonchev–Trinajstić information content (AvgIpc) is 3.91. The molecule has 10 aromatic carbocycles. The van der Waals surface area contributed by atoms with Gasteiger partial charge < -0.3 is 9.47 Å². The van der Waals surface area contributed by atoms with Crippen molar-refractivity contribution in [1.82, 2.24) is 4.57 Å². The van der Waals surface area contributed by atoms with Gasteiger partial charge in [0.2, 0.25) is 0 Å². The number of para-hydroxylation sites is 2. The van der Waals surface area contributed by atoms with E-state index in [0.29, 0.717) is 0 Å². The zero-order valence-electron chi connectivity index (χ0n) is 34.4. The van der Waals surface area contributed by atoms with Gasteiger partial charge in [0, 0.05) is 47.9 Å². The molecule has 296 valence electrons. The molecule has 12 rings (SSSR count). The predicted octanol–water partition coefficient (Wildman–Crippen LogP) is 17.3. The highest BCUT2D eigenvalue weighted by Gasteiger charge is 2.25. The van der Waals surface area contributed by atoms with Crippen molar-refractivity contribution >= 4 is 70.4 Å². The quantitative estimate of drug-likeness (QED) is 0.148. The summed E-state index contributed by atoms with van der Waals surface area (Å²) in [6, 6.07) is 88.5. The lowest BCUT2D eigenvalue weighted by atomic mass is 9.87. The maximum absolute atomic E-state index is 2.51. The third-order valence-electron chi connectivity index (χ3n) is 12.4. The number of hydrogen-bond donors (Lipinski definition) is 0. The van der Waals surface area contributed by atoms with E-state index in [1.165, 1.54) is 86.5 Å². The standard InChI is InChI=1S/C60H40N2S/c1-4-18-42(19-5-1)47-24-10-11-26-50(47)59-48(43-20-6-2-7-21-43)28-16-30-55(59)62(56-31-17-33-58-60(56)51-27-13-15-32-57(51)63-58)46-37-34-41(35-38-46)44-36-39-54-52(40-44)49-25-12-14-29-53(49)61(54)45-22-8-3-9-23-45/h1-40H. The monoisotopic (exact) mass is 820 g/mol. The summed E-state index contributed by atoms with van der Waals surface area (Å²) >= 11 is 1.86. The summed E-state index contributed by atoms with van der Waals surface area (Å²) in [5.41, 5.74) is 16.4. The van der Waals surface area contributed by atoms with Crippen LogP contribution in [0, 0.1) is 0 Å². The van der Waals surface area contributed by atoms with Gasteiger partial charge in [-0.2, -0.15) is 0 Å². The lowest BCUT2D eigenvalue weighted by Gasteiger charge is -2.30. The molecular weight excluding hydrogens is 781 g/mol. The molecule has 0 atom stereocenters. The summed E-state index contributed by atoms with van der Waals surface area (Å²) in [5.74, 6) is 0. The third kappa shape index (κ3) is 6.33. The van der Waals surface area contributed by atoms with Crippen LogP contribution in [0.15, 0.2) is 243 Å². The Morgan fingerprint density at radius 2 is 0.889 bits per heavy atom. The van der Waals surface area contributed by atoms with Crippen molar-refractivity contribution in [3.05, 3.63) is 243 Å². The highest BCUT2D eigenvalue weighted by Crippen LogP contribution is 2.51. The zero-order chi connectivity index (χ0) is 41.7. The molecule has 0 aliphatic carbocycles. The van der Waals surface area contributed by atoms with Gasteiger partial charge in [0.1, 0.15) is 0 Å². The summed E-state index contributed by atoms with van der Waals surface area (Å²) in [5, 5.41) is 5.02. The Kier molecular flexibility index (Phi) is 9.06. The summed E-state index contributed by atoms with van der Waals surface area (Å²) in [6.45, 7) is 0. The largest absolute Gasteiger partial charge is 0.309 e. The van der Waals surface area contributed by atoms with Crippen LogP contribution in [-0.4, -0.2) is 4.57 Å². The highest BCUT2D eigenvalue weighted by atomic mass is 32.1.